The molecule has 1 aromatic carbocycles. The van der Waals surface area contributed by atoms with Gasteiger partial charge in [0.05, 0.1) is 33.8 Å². The average Bonchev–Trinajstić information content (AvgIpc) is 3.24. The number of anilines is 1. The van der Waals surface area contributed by atoms with E-state index in [4.69, 9.17) is 10.3 Å². The van der Waals surface area contributed by atoms with Crippen molar-refractivity contribution < 1.29 is 14.1 Å². The lowest BCUT2D eigenvalue weighted by atomic mass is 10.1. The zero-order chi connectivity index (χ0) is 21.4. The summed E-state index contributed by atoms with van der Waals surface area (Å²) < 4.78 is 7.00. The molecule has 0 bridgehead atoms. The predicted octanol–water partition coefficient (Wildman–Crippen LogP) is 2.74. The van der Waals surface area contributed by atoms with Gasteiger partial charge < -0.3 is 15.6 Å². The molecule has 0 saturated heterocycles. The summed E-state index contributed by atoms with van der Waals surface area (Å²) in [6, 6.07) is 10.3. The number of pyridine rings is 1. The standard InChI is InChI=1S/C21H20N6O3/c1-11-8-14(30-26-11)10-27-13(3)19(12(2)25-27)24-21(29)16-9-18(20(22)28)23-17-7-5-4-6-15(16)17/h4-9H,10H2,1-3H3,(H2,22,28)(H,24,29). The first kappa shape index (κ1) is 19.3. The van der Waals surface area contributed by atoms with Gasteiger partial charge in [0.25, 0.3) is 11.8 Å². The van der Waals surface area contributed by atoms with Gasteiger partial charge >= 0.3 is 0 Å². The van der Waals surface area contributed by atoms with Crippen LogP contribution in [0.3, 0.4) is 0 Å². The van der Waals surface area contributed by atoms with Crippen molar-refractivity contribution in [3.63, 3.8) is 0 Å². The number of nitrogens with two attached hydrogens (primary N) is 1. The van der Waals surface area contributed by atoms with E-state index in [0.29, 0.717) is 40.2 Å². The van der Waals surface area contributed by atoms with Crippen molar-refractivity contribution in [2.75, 3.05) is 5.32 Å². The average molecular weight is 404 g/mol. The van der Waals surface area contributed by atoms with Crippen LogP contribution in [0.25, 0.3) is 10.9 Å². The van der Waals surface area contributed by atoms with Crippen LogP contribution in [-0.2, 0) is 6.54 Å². The van der Waals surface area contributed by atoms with Gasteiger partial charge in [-0.2, -0.15) is 5.10 Å². The number of nitrogens with zero attached hydrogens (tertiary/aromatic N) is 4. The molecule has 3 aromatic heterocycles. The number of fused-ring (bicyclic) bond motifs is 1. The van der Waals surface area contributed by atoms with Crippen LogP contribution in [0.15, 0.2) is 40.9 Å². The first-order chi connectivity index (χ1) is 14.3. The number of para-hydroxylation sites is 1. The fourth-order valence-electron chi connectivity index (χ4n) is 3.34. The minimum absolute atomic E-state index is 0.0312. The molecular weight excluding hydrogens is 384 g/mol. The third-order valence-electron chi connectivity index (χ3n) is 4.82. The SMILES string of the molecule is Cc1cc(Cn2nc(C)c(NC(=O)c3cc(C(N)=O)nc4ccccc34)c2C)on1. The third kappa shape index (κ3) is 3.52. The van der Waals surface area contributed by atoms with Crippen LogP contribution in [0.5, 0.6) is 0 Å². The molecule has 0 aliphatic heterocycles. The van der Waals surface area contributed by atoms with Crippen LogP contribution in [-0.4, -0.2) is 31.7 Å². The number of hydrogen-bond donors (Lipinski definition) is 2. The monoisotopic (exact) mass is 404 g/mol. The highest BCUT2D eigenvalue weighted by Gasteiger charge is 2.19. The fraction of sp³-hybridized carbons (Fsp3) is 0.190. The summed E-state index contributed by atoms with van der Waals surface area (Å²) in [4.78, 5) is 29.0. The number of rotatable bonds is 5. The summed E-state index contributed by atoms with van der Waals surface area (Å²) in [7, 11) is 0. The minimum atomic E-state index is -0.697. The molecule has 9 nitrogen and oxygen atoms in total. The molecule has 152 valence electrons. The molecule has 0 aliphatic rings. The molecule has 0 unspecified atom stereocenters. The fourth-order valence-corrected chi connectivity index (χ4v) is 3.34. The highest BCUT2D eigenvalue weighted by Crippen LogP contribution is 2.24. The van der Waals surface area contributed by atoms with Crippen LogP contribution >= 0.6 is 0 Å². The van der Waals surface area contributed by atoms with Crippen LogP contribution in [0.2, 0.25) is 0 Å². The number of primary amides is 1. The number of aryl methyl sites for hydroxylation is 2. The Hall–Kier alpha value is -4.01. The molecule has 3 N–H and O–H groups in total. The molecular formula is C21H20N6O3. The van der Waals surface area contributed by atoms with Crippen molar-refractivity contribution in [2.45, 2.75) is 27.3 Å². The third-order valence-corrected chi connectivity index (χ3v) is 4.82. The summed E-state index contributed by atoms with van der Waals surface area (Å²) in [6.07, 6.45) is 0. The normalized spacial score (nSPS) is 11.0. The van der Waals surface area contributed by atoms with E-state index in [9.17, 15) is 9.59 Å². The van der Waals surface area contributed by atoms with Crippen LogP contribution < -0.4 is 11.1 Å². The number of aromatic nitrogens is 4. The molecule has 0 radical (unpaired) electrons. The summed E-state index contributed by atoms with van der Waals surface area (Å²) >= 11 is 0. The number of amides is 2. The zero-order valence-electron chi connectivity index (χ0n) is 16.8. The van der Waals surface area contributed by atoms with E-state index in [1.807, 2.05) is 26.8 Å². The second-order valence-corrected chi connectivity index (χ2v) is 7.03. The van der Waals surface area contributed by atoms with E-state index < -0.39 is 5.91 Å². The maximum absolute atomic E-state index is 13.1. The van der Waals surface area contributed by atoms with E-state index in [2.05, 4.69) is 20.6 Å². The molecule has 4 rings (SSSR count). The Morgan fingerprint density at radius 1 is 1.17 bits per heavy atom. The number of hydrogen-bond acceptors (Lipinski definition) is 6. The van der Waals surface area contributed by atoms with E-state index >= 15 is 0 Å². The molecule has 0 fully saturated rings. The lowest BCUT2D eigenvalue weighted by Crippen LogP contribution is -2.18. The predicted molar refractivity (Wildman–Crippen MR) is 110 cm³/mol. The molecule has 3 heterocycles. The number of carbonyl (C=O) groups excluding carboxylic acids is 2. The second kappa shape index (κ2) is 7.43. The van der Waals surface area contributed by atoms with Gasteiger partial charge in [0.1, 0.15) is 12.2 Å². The van der Waals surface area contributed by atoms with Gasteiger partial charge in [-0.05, 0) is 32.9 Å². The van der Waals surface area contributed by atoms with Gasteiger partial charge in [0.15, 0.2) is 5.76 Å². The van der Waals surface area contributed by atoms with Crippen molar-refractivity contribution in [2.24, 2.45) is 5.73 Å². The van der Waals surface area contributed by atoms with Crippen LogP contribution in [0, 0.1) is 20.8 Å². The Morgan fingerprint density at radius 3 is 2.63 bits per heavy atom. The summed E-state index contributed by atoms with van der Waals surface area (Å²) in [5, 5.41) is 11.9. The molecule has 2 amide bonds. The minimum Gasteiger partial charge on any atom is -0.364 e. The van der Waals surface area contributed by atoms with Crippen molar-refractivity contribution >= 4 is 28.4 Å². The van der Waals surface area contributed by atoms with E-state index in [1.54, 1.807) is 28.9 Å². The largest absolute Gasteiger partial charge is 0.364 e. The summed E-state index contributed by atoms with van der Waals surface area (Å²) in [5.41, 5.74) is 9.06. The lowest BCUT2D eigenvalue weighted by molar-refractivity contribution is 0.0996. The van der Waals surface area contributed by atoms with Crippen molar-refractivity contribution in [1.29, 1.82) is 0 Å². The van der Waals surface area contributed by atoms with Gasteiger partial charge in [-0.25, -0.2) is 4.98 Å². The maximum atomic E-state index is 13.1. The van der Waals surface area contributed by atoms with Crippen LogP contribution in [0.4, 0.5) is 5.69 Å². The number of benzene rings is 1. The Morgan fingerprint density at radius 2 is 1.93 bits per heavy atom. The number of nitrogens with one attached hydrogen (secondary N) is 1. The van der Waals surface area contributed by atoms with Crippen LogP contribution in [0.1, 0.15) is 43.7 Å². The molecule has 0 spiro atoms. The summed E-state index contributed by atoms with van der Waals surface area (Å²) in [5.74, 6) is -0.406. The zero-order valence-corrected chi connectivity index (χ0v) is 16.8. The van der Waals surface area contributed by atoms with Crippen molar-refractivity contribution in [3.05, 3.63) is 70.5 Å². The molecule has 4 aromatic rings. The van der Waals surface area contributed by atoms with Gasteiger partial charge in [-0.1, -0.05) is 23.4 Å². The number of carbonyl (C=O) groups is 2. The quantitative estimate of drug-likeness (QED) is 0.526. The molecule has 0 saturated carbocycles. The Bertz CT molecular complexity index is 1290. The van der Waals surface area contributed by atoms with Gasteiger partial charge in [-0.15, -0.1) is 0 Å². The summed E-state index contributed by atoms with van der Waals surface area (Å²) in [6.45, 7) is 5.91. The first-order valence-corrected chi connectivity index (χ1v) is 9.30. The Kier molecular flexibility index (Phi) is 4.78. The smallest absolute Gasteiger partial charge is 0.267 e. The molecule has 9 heteroatoms. The molecule has 0 atom stereocenters. The second-order valence-electron chi connectivity index (χ2n) is 7.03. The van der Waals surface area contributed by atoms with Crippen molar-refractivity contribution in [1.82, 2.24) is 19.9 Å². The van der Waals surface area contributed by atoms with E-state index in [-0.39, 0.29) is 11.6 Å². The van der Waals surface area contributed by atoms with Crippen molar-refractivity contribution in [3.8, 4) is 0 Å². The molecule has 0 aliphatic carbocycles. The van der Waals surface area contributed by atoms with E-state index in [1.165, 1.54) is 6.07 Å². The van der Waals surface area contributed by atoms with Gasteiger partial charge in [0, 0.05) is 11.5 Å². The topological polar surface area (TPSA) is 129 Å². The Labute approximate surface area is 171 Å². The first-order valence-electron chi connectivity index (χ1n) is 9.30. The Balaban J connectivity index is 1.68. The van der Waals surface area contributed by atoms with Gasteiger partial charge in [-0.3, -0.25) is 14.3 Å². The highest BCUT2D eigenvalue weighted by atomic mass is 16.5. The molecule has 30 heavy (non-hydrogen) atoms. The van der Waals surface area contributed by atoms with E-state index in [0.717, 1.165) is 11.4 Å². The van der Waals surface area contributed by atoms with Gasteiger partial charge in [0.2, 0.25) is 0 Å². The maximum Gasteiger partial charge on any atom is 0.267 e. The highest BCUT2D eigenvalue weighted by molar-refractivity contribution is 6.14. The lowest BCUT2D eigenvalue weighted by Gasteiger charge is -2.10.